The first-order chi connectivity index (χ1) is 12.3. The zero-order valence-corrected chi connectivity index (χ0v) is 13.7. The fourth-order valence-electron chi connectivity index (χ4n) is 2.89. The Balaban J connectivity index is 1.70. The molecule has 0 aliphatic heterocycles. The van der Waals surface area contributed by atoms with Gasteiger partial charge in [-0.25, -0.2) is 9.97 Å². The second kappa shape index (κ2) is 8.02. The van der Waals surface area contributed by atoms with Crippen molar-refractivity contribution in [2.24, 2.45) is 5.92 Å². The van der Waals surface area contributed by atoms with Crippen molar-refractivity contribution in [2.45, 2.75) is 32.1 Å². The van der Waals surface area contributed by atoms with Crippen molar-refractivity contribution in [3.8, 4) is 6.07 Å². The Bertz CT molecular complexity index is 797. The highest BCUT2D eigenvalue weighted by Crippen LogP contribution is 2.28. The molecule has 1 fully saturated rings. The molecule has 0 unspecified atom stereocenters. The van der Waals surface area contributed by atoms with Crippen LogP contribution in [0.1, 0.15) is 37.8 Å². The molecule has 0 radical (unpaired) electrons. The summed E-state index contributed by atoms with van der Waals surface area (Å²) < 4.78 is 0. The number of nitrogens with one attached hydrogen (secondary N) is 2. The molecule has 2 aromatic heterocycles. The number of rotatable bonds is 5. The standard InChI is InChI=1S/C17H18N8/c1-19-17-14(21-9-12-5-3-2-4-6-12)7-15(24-25-17)23-16-11-20-13(8-18)10-22-16/h7,10-12H,2-6,9H2,(H2,21,22,23,24). The van der Waals surface area contributed by atoms with E-state index < -0.39 is 0 Å². The fraction of sp³-hybridized carbons (Fsp3) is 0.412. The molecule has 3 rings (SSSR count). The smallest absolute Gasteiger partial charge is 0.319 e. The Morgan fingerprint density at radius 3 is 2.68 bits per heavy atom. The van der Waals surface area contributed by atoms with Gasteiger partial charge >= 0.3 is 5.82 Å². The minimum Gasteiger partial charge on any atom is -0.392 e. The van der Waals surface area contributed by atoms with Crippen LogP contribution in [0.5, 0.6) is 0 Å². The van der Waals surface area contributed by atoms with E-state index in [-0.39, 0.29) is 11.5 Å². The number of nitrogens with zero attached hydrogens (tertiary/aromatic N) is 6. The van der Waals surface area contributed by atoms with Crippen molar-refractivity contribution in [3.05, 3.63) is 35.6 Å². The van der Waals surface area contributed by atoms with Crippen LogP contribution in [-0.4, -0.2) is 26.7 Å². The summed E-state index contributed by atoms with van der Waals surface area (Å²) in [5.74, 6) is 1.83. The maximum absolute atomic E-state index is 8.75. The van der Waals surface area contributed by atoms with Gasteiger partial charge in [-0.2, -0.15) is 5.26 Å². The van der Waals surface area contributed by atoms with Gasteiger partial charge < -0.3 is 15.5 Å². The van der Waals surface area contributed by atoms with Crippen LogP contribution in [0, 0.1) is 23.8 Å². The molecule has 0 aromatic carbocycles. The van der Waals surface area contributed by atoms with Crippen LogP contribution >= 0.6 is 0 Å². The lowest BCUT2D eigenvalue weighted by molar-refractivity contribution is 0.373. The van der Waals surface area contributed by atoms with Gasteiger partial charge in [0.2, 0.25) is 0 Å². The van der Waals surface area contributed by atoms with Gasteiger partial charge in [0.1, 0.15) is 11.9 Å². The Hall–Kier alpha value is -3.26. The highest BCUT2D eigenvalue weighted by Gasteiger charge is 2.15. The molecule has 2 aromatic rings. The van der Waals surface area contributed by atoms with E-state index >= 15 is 0 Å². The number of anilines is 3. The zero-order chi connectivity index (χ0) is 17.5. The molecule has 0 saturated heterocycles. The second-order valence-electron chi connectivity index (χ2n) is 5.99. The Morgan fingerprint density at radius 2 is 2.00 bits per heavy atom. The van der Waals surface area contributed by atoms with Crippen LogP contribution < -0.4 is 10.6 Å². The van der Waals surface area contributed by atoms with Gasteiger partial charge in [0.15, 0.2) is 11.5 Å². The van der Waals surface area contributed by atoms with Gasteiger partial charge in [0, 0.05) is 11.6 Å². The van der Waals surface area contributed by atoms with E-state index in [4.69, 9.17) is 11.8 Å². The van der Waals surface area contributed by atoms with Crippen molar-refractivity contribution in [1.82, 2.24) is 20.2 Å². The number of nitriles is 1. The highest BCUT2D eigenvalue weighted by molar-refractivity contribution is 5.69. The lowest BCUT2D eigenvalue weighted by atomic mass is 9.89. The van der Waals surface area contributed by atoms with E-state index in [0.29, 0.717) is 23.2 Å². The van der Waals surface area contributed by atoms with Gasteiger partial charge in [-0.1, -0.05) is 25.8 Å². The zero-order valence-electron chi connectivity index (χ0n) is 13.7. The van der Waals surface area contributed by atoms with E-state index in [1.165, 1.54) is 44.5 Å². The summed E-state index contributed by atoms with van der Waals surface area (Å²) in [6.45, 7) is 8.09. The Labute approximate surface area is 146 Å². The van der Waals surface area contributed by atoms with Crippen LogP contribution in [0.25, 0.3) is 4.85 Å². The minimum atomic E-state index is 0.245. The van der Waals surface area contributed by atoms with Gasteiger partial charge in [0.25, 0.3) is 0 Å². The molecule has 126 valence electrons. The van der Waals surface area contributed by atoms with Crippen molar-refractivity contribution in [1.29, 1.82) is 5.26 Å². The molecule has 1 aliphatic carbocycles. The molecule has 25 heavy (non-hydrogen) atoms. The maximum atomic E-state index is 8.75. The lowest BCUT2D eigenvalue weighted by Crippen LogP contribution is -2.17. The molecule has 8 heteroatoms. The summed E-state index contributed by atoms with van der Waals surface area (Å²) >= 11 is 0. The van der Waals surface area contributed by atoms with Crippen LogP contribution in [0.15, 0.2) is 18.5 Å². The third kappa shape index (κ3) is 4.39. The molecule has 8 nitrogen and oxygen atoms in total. The minimum absolute atomic E-state index is 0.245. The molecule has 0 amide bonds. The monoisotopic (exact) mass is 334 g/mol. The van der Waals surface area contributed by atoms with Crippen molar-refractivity contribution in [3.63, 3.8) is 0 Å². The number of aromatic nitrogens is 4. The maximum Gasteiger partial charge on any atom is 0.319 e. The summed E-state index contributed by atoms with van der Waals surface area (Å²) in [6.07, 6.45) is 9.17. The van der Waals surface area contributed by atoms with Crippen LogP contribution in [0.4, 0.5) is 23.1 Å². The molecule has 0 spiro atoms. The Kier molecular flexibility index (Phi) is 5.32. The lowest BCUT2D eigenvalue weighted by Gasteiger charge is -2.22. The summed E-state index contributed by atoms with van der Waals surface area (Å²) in [5.41, 5.74) is 0.912. The molecular weight excluding hydrogens is 316 g/mol. The first-order valence-corrected chi connectivity index (χ1v) is 8.26. The SMILES string of the molecule is [C-]#[N+]c1nnc(Nc2cnc(C#N)cn2)cc1NCC1CCCCC1. The second-order valence-corrected chi connectivity index (χ2v) is 5.99. The van der Waals surface area contributed by atoms with Gasteiger partial charge in [-0.15, -0.1) is 0 Å². The average Bonchev–Trinajstić information content (AvgIpc) is 2.68. The topological polar surface area (TPSA) is 104 Å². The molecule has 0 bridgehead atoms. The summed E-state index contributed by atoms with van der Waals surface area (Å²) in [5, 5.41) is 23.0. The molecule has 2 N–H and O–H groups in total. The molecule has 1 aliphatic rings. The summed E-state index contributed by atoms with van der Waals surface area (Å²) in [4.78, 5) is 11.5. The molecular formula is C17H18N8. The molecule has 0 atom stereocenters. The predicted octanol–water partition coefficient (Wildman–Crippen LogP) is 3.42. The quantitative estimate of drug-likeness (QED) is 0.807. The number of hydrogen-bond donors (Lipinski definition) is 2. The van der Waals surface area contributed by atoms with E-state index in [1.807, 2.05) is 6.07 Å². The normalized spacial score (nSPS) is 14.3. The van der Waals surface area contributed by atoms with Gasteiger partial charge in [-0.3, -0.25) is 0 Å². The number of hydrogen-bond acceptors (Lipinski definition) is 7. The third-order valence-electron chi connectivity index (χ3n) is 4.21. The summed E-state index contributed by atoms with van der Waals surface area (Å²) in [7, 11) is 0. The first-order valence-electron chi connectivity index (χ1n) is 8.26. The van der Waals surface area contributed by atoms with Crippen LogP contribution in [-0.2, 0) is 0 Å². The van der Waals surface area contributed by atoms with Crippen molar-refractivity contribution < 1.29 is 0 Å². The van der Waals surface area contributed by atoms with Crippen molar-refractivity contribution >= 4 is 23.1 Å². The highest BCUT2D eigenvalue weighted by atomic mass is 15.2. The largest absolute Gasteiger partial charge is 0.392 e. The fourth-order valence-corrected chi connectivity index (χ4v) is 2.89. The predicted molar refractivity (Wildman–Crippen MR) is 93.4 cm³/mol. The Morgan fingerprint density at radius 1 is 1.16 bits per heavy atom. The van der Waals surface area contributed by atoms with E-state index in [0.717, 1.165) is 6.54 Å². The third-order valence-corrected chi connectivity index (χ3v) is 4.21. The van der Waals surface area contributed by atoms with Crippen molar-refractivity contribution in [2.75, 3.05) is 17.2 Å². The van der Waals surface area contributed by atoms with E-state index in [1.54, 1.807) is 6.07 Å². The first kappa shape index (κ1) is 16.6. The van der Waals surface area contributed by atoms with Gasteiger partial charge in [0.05, 0.1) is 18.1 Å². The van der Waals surface area contributed by atoms with Crippen LogP contribution in [0.2, 0.25) is 0 Å². The van der Waals surface area contributed by atoms with Gasteiger partial charge in [-0.05, 0) is 29.9 Å². The molecule has 2 heterocycles. The van der Waals surface area contributed by atoms with E-state index in [2.05, 4.69) is 35.6 Å². The van der Waals surface area contributed by atoms with E-state index in [9.17, 15) is 0 Å². The van der Waals surface area contributed by atoms with Crippen LogP contribution in [0.3, 0.4) is 0 Å². The molecule has 1 saturated carbocycles. The summed E-state index contributed by atoms with van der Waals surface area (Å²) in [6, 6.07) is 3.67. The average molecular weight is 334 g/mol.